The van der Waals surface area contributed by atoms with E-state index in [9.17, 15) is 0 Å². The standard InChI is InChI=1S/C5H10N2OS.CH3NOS/c6-5(9)8-7-3-1-2-4-7;2-1(3)4/h1-4H2,(H2,6,9);(H3,2,3,4). The van der Waals surface area contributed by atoms with Crippen LogP contribution in [0.4, 0.5) is 0 Å². The topological polar surface area (TPSA) is 84.7 Å². The van der Waals surface area contributed by atoms with Gasteiger partial charge in [-0.1, -0.05) is 0 Å². The van der Waals surface area contributed by atoms with E-state index in [1.54, 1.807) is 5.06 Å². The van der Waals surface area contributed by atoms with E-state index in [-0.39, 0.29) is 5.17 Å². The summed E-state index contributed by atoms with van der Waals surface area (Å²) in [7, 11) is 0. The minimum atomic E-state index is -0.500. The van der Waals surface area contributed by atoms with E-state index in [1.807, 2.05) is 0 Å². The molecule has 1 rings (SSSR count). The molecular formula is C6H13N3O2S2. The molecule has 1 saturated heterocycles. The molecule has 0 aromatic carbocycles. The normalized spacial score (nSPS) is 15.7. The quantitative estimate of drug-likeness (QED) is 0.541. The molecule has 1 aliphatic rings. The Kier molecular flexibility index (Phi) is 6.47. The molecular weight excluding hydrogens is 210 g/mol. The van der Waals surface area contributed by atoms with Crippen molar-refractivity contribution in [2.45, 2.75) is 12.8 Å². The molecule has 0 unspecified atom stereocenters. The van der Waals surface area contributed by atoms with Crippen LogP contribution < -0.4 is 11.5 Å². The van der Waals surface area contributed by atoms with Gasteiger partial charge in [0.05, 0.1) is 0 Å². The molecule has 7 heteroatoms. The monoisotopic (exact) mass is 223 g/mol. The summed E-state index contributed by atoms with van der Waals surface area (Å²) in [6, 6.07) is 0. The Hall–Kier alpha value is -0.660. The largest absolute Gasteiger partial charge is 0.487 e. The summed E-state index contributed by atoms with van der Waals surface area (Å²) in [4.78, 5) is 4.95. The summed E-state index contributed by atoms with van der Waals surface area (Å²) >= 11 is 8.42. The summed E-state index contributed by atoms with van der Waals surface area (Å²) in [5.74, 6) is 0. The molecule has 0 aromatic rings. The van der Waals surface area contributed by atoms with Crippen molar-refractivity contribution in [3.05, 3.63) is 0 Å². The van der Waals surface area contributed by atoms with Gasteiger partial charge in [0.2, 0.25) is 0 Å². The average molecular weight is 223 g/mol. The van der Waals surface area contributed by atoms with Crippen LogP contribution >= 0.6 is 24.4 Å². The number of thiocarbonyl (C=S) groups is 2. The summed E-state index contributed by atoms with van der Waals surface area (Å²) in [5, 5.41) is 8.98. The third kappa shape index (κ3) is 9.25. The van der Waals surface area contributed by atoms with E-state index in [0.29, 0.717) is 0 Å². The van der Waals surface area contributed by atoms with Crippen LogP contribution in [0.3, 0.4) is 0 Å². The van der Waals surface area contributed by atoms with Crippen LogP contribution in [0.2, 0.25) is 0 Å². The molecule has 0 radical (unpaired) electrons. The summed E-state index contributed by atoms with van der Waals surface area (Å²) in [6.07, 6.45) is 2.37. The van der Waals surface area contributed by atoms with Crippen LogP contribution in [-0.2, 0) is 4.84 Å². The Bertz CT molecular complexity index is 179. The van der Waals surface area contributed by atoms with Crippen molar-refractivity contribution in [1.29, 1.82) is 0 Å². The van der Waals surface area contributed by atoms with Crippen molar-refractivity contribution in [2.24, 2.45) is 11.5 Å². The molecule has 1 heterocycles. The first-order valence-corrected chi connectivity index (χ1v) is 4.54. The van der Waals surface area contributed by atoms with E-state index in [1.165, 1.54) is 12.8 Å². The molecule has 0 spiro atoms. The first-order chi connectivity index (χ1) is 6.02. The molecule has 0 aliphatic carbocycles. The molecule has 76 valence electrons. The molecule has 0 atom stereocenters. The van der Waals surface area contributed by atoms with Gasteiger partial charge in [-0.05, 0) is 37.3 Å². The minimum Gasteiger partial charge on any atom is -0.487 e. The van der Waals surface area contributed by atoms with Crippen molar-refractivity contribution >= 4 is 34.8 Å². The zero-order valence-electron chi connectivity index (χ0n) is 7.10. The van der Waals surface area contributed by atoms with Gasteiger partial charge < -0.3 is 21.4 Å². The van der Waals surface area contributed by atoms with Crippen LogP contribution in [0, 0.1) is 0 Å². The molecule has 1 fully saturated rings. The van der Waals surface area contributed by atoms with E-state index in [0.717, 1.165) is 13.1 Å². The molecule has 0 bridgehead atoms. The van der Waals surface area contributed by atoms with Crippen molar-refractivity contribution < 1.29 is 9.94 Å². The van der Waals surface area contributed by atoms with Crippen LogP contribution in [0.15, 0.2) is 0 Å². The number of hydrogen-bond donors (Lipinski definition) is 3. The second-order valence-electron chi connectivity index (χ2n) is 2.38. The third-order valence-corrected chi connectivity index (χ3v) is 1.36. The maximum atomic E-state index is 7.56. The Morgan fingerprint density at radius 3 is 1.92 bits per heavy atom. The van der Waals surface area contributed by atoms with E-state index in [4.69, 9.17) is 15.7 Å². The lowest BCUT2D eigenvalue weighted by Gasteiger charge is -2.12. The predicted octanol–water partition coefficient (Wildman–Crippen LogP) is 0.0454. The van der Waals surface area contributed by atoms with Gasteiger partial charge in [0.25, 0.3) is 10.3 Å². The first-order valence-electron chi connectivity index (χ1n) is 3.73. The van der Waals surface area contributed by atoms with Crippen molar-refractivity contribution in [2.75, 3.05) is 13.1 Å². The number of rotatable bonds is 1. The summed E-state index contributed by atoms with van der Waals surface area (Å²) in [6.45, 7) is 1.91. The van der Waals surface area contributed by atoms with Crippen LogP contribution in [0.1, 0.15) is 12.8 Å². The number of aliphatic hydroxyl groups excluding tert-OH is 1. The summed E-state index contributed by atoms with van der Waals surface area (Å²) < 4.78 is 0. The second-order valence-corrected chi connectivity index (χ2v) is 3.21. The van der Waals surface area contributed by atoms with Gasteiger partial charge in [0.1, 0.15) is 0 Å². The Morgan fingerprint density at radius 1 is 1.23 bits per heavy atom. The molecule has 5 nitrogen and oxygen atoms in total. The molecule has 1 aliphatic heterocycles. The Labute approximate surface area is 87.6 Å². The number of hydrogen-bond acceptors (Lipinski definition) is 4. The maximum absolute atomic E-state index is 7.56. The van der Waals surface area contributed by atoms with E-state index in [2.05, 4.69) is 30.2 Å². The number of aliphatic hydroxyl groups is 1. The number of hydroxylamine groups is 2. The SMILES string of the molecule is NC(=S)ON1CCCC1.NC(O)=S. The highest BCUT2D eigenvalue weighted by molar-refractivity contribution is 7.80. The Morgan fingerprint density at radius 2 is 1.62 bits per heavy atom. The molecule has 13 heavy (non-hydrogen) atoms. The van der Waals surface area contributed by atoms with Gasteiger partial charge in [-0.15, -0.1) is 5.06 Å². The van der Waals surface area contributed by atoms with Gasteiger partial charge in [0, 0.05) is 13.1 Å². The molecule has 0 aromatic heterocycles. The van der Waals surface area contributed by atoms with Crippen molar-refractivity contribution in [3.63, 3.8) is 0 Å². The van der Waals surface area contributed by atoms with Crippen molar-refractivity contribution in [1.82, 2.24) is 5.06 Å². The first kappa shape index (κ1) is 12.3. The zero-order chi connectivity index (χ0) is 10.3. The number of nitrogens with two attached hydrogens (primary N) is 2. The van der Waals surface area contributed by atoms with Crippen LogP contribution in [-0.4, -0.2) is 33.6 Å². The Balaban J connectivity index is 0.000000310. The predicted molar refractivity (Wildman–Crippen MR) is 58.1 cm³/mol. The summed E-state index contributed by atoms with van der Waals surface area (Å²) in [5.41, 5.74) is 9.54. The fourth-order valence-corrected chi connectivity index (χ4v) is 1.01. The number of nitrogens with zero attached hydrogens (tertiary/aromatic N) is 1. The minimum absolute atomic E-state index is 0.122. The molecule has 5 N–H and O–H groups in total. The van der Waals surface area contributed by atoms with Crippen LogP contribution in [0.25, 0.3) is 0 Å². The fourth-order valence-electron chi connectivity index (χ4n) is 0.907. The van der Waals surface area contributed by atoms with E-state index >= 15 is 0 Å². The van der Waals surface area contributed by atoms with Gasteiger partial charge >= 0.3 is 0 Å². The van der Waals surface area contributed by atoms with E-state index < -0.39 is 5.17 Å². The average Bonchev–Trinajstić information content (AvgIpc) is 2.36. The van der Waals surface area contributed by atoms with Gasteiger partial charge in [-0.3, -0.25) is 0 Å². The smallest absolute Gasteiger partial charge is 0.276 e. The maximum Gasteiger partial charge on any atom is 0.276 e. The second kappa shape index (κ2) is 6.81. The third-order valence-electron chi connectivity index (χ3n) is 1.28. The lowest BCUT2D eigenvalue weighted by atomic mass is 10.4. The molecule has 0 saturated carbocycles. The highest BCUT2D eigenvalue weighted by Gasteiger charge is 2.12. The lowest BCUT2D eigenvalue weighted by Crippen LogP contribution is -2.27. The fraction of sp³-hybridized carbons (Fsp3) is 0.667. The van der Waals surface area contributed by atoms with Gasteiger partial charge in [-0.2, -0.15) is 0 Å². The highest BCUT2D eigenvalue weighted by atomic mass is 32.1. The van der Waals surface area contributed by atoms with Gasteiger partial charge in [0.15, 0.2) is 0 Å². The van der Waals surface area contributed by atoms with Crippen LogP contribution in [0.5, 0.6) is 0 Å². The van der Waals surface area contributed by atoms with Crippen molar-refractivity contribution in [3.8, 4) is 0 Å². The zero-order valence-corrected chi connectivity index (χ0v) is 8.74. The van der Waals surface area contributed by atoms with Gasteiger partial charge in [-0.25, -0.2) is 0 Å². The highest BCUT2D eigenvalue weighted by Crippen LogP contribution is 2.06. The lowest BCUT2D eigenvalue weighted by molar-refractivity contribution is -0.0477. The molecule has 0 amide bonds.